The zero-order valence-electron chi connectivity index (χ0n) is 25.1. The van der Waals surface area contributed by atoms with Crippen molar-refractivity contribution in [2.24, 2.45) is 29.6 Å². The van der Waals surface area contributed by atoms with Gasteiger partial charge < -0.3 is 25.2 Å². The number of halogens is 1. The van der Waals surface area contributed by atoms with Gasteiger partial charge in [0, 0.05) is 42.9 Å². The molecule has 3 aliphatic carbocycles. The predicted octanol–water partition coefficient (Wildman–Crippen LogP) is 5.02. The molecule has 3 N–H and O–H groups in total. The number of aliphatic carboxylic acids is 1. The number of fused-ring (bicyclic) bond motifs is 1. The highest BCUT2D eigenvalue weighted by Gasteiger charge is 2.46. The number of amides is 1. The van der Waals surface area contributed by atoms with Crippen LogP contribution in [0, 0.1) is 29.6 Å². The first-order chi connectivity index (χ1) is 21.4. The molecular formula is C32H44FN5O5S. The van der Waals surface area contributed by atoms with Crippen LogP contribution in [0.4, 0.5) is 9.52 Å². The molecule has 4 aliphatic rings. The second-order valence-corrected chi connectivity index (χ2v) is 14.0. The number of alkyl halides is 1. The molecule has 10 nitrogen and oxygen atoms in total. The van der Waals surface area contributed by atoms with Crippen molar-refractivity contribution in [2.75, 3.05) is 11.9 Å². The second kappa shape index (κ2) is 14.7. The van der Waals surface area contributed by atoms with Crippen LogP contribution in [0.25, 0.3) is 0 Å². The van der Waals surface area contributed by atoms with Crippen molar-refractivity contribution in [3.05, 3.63) is 35.9 Å². The lowest BCUT2D eigenvalue weighted by molar-refractivity contribution is -0.163. The van der Waals surface area contributed by atoms with Crippen LogP contribution in [-0.4, -0.2) is 69.0 Å². The number of carbonyl (C=O) groups is 2. The number of carbonyl (C=O) groups excluding carboxylic acids is 1. The molecule has 3 heterocycles. The fourth-order valence-electron chi connectivity index (χ4n) is 8.25. The number of ether oxygens (including phenoxy) is 2. The molecular weight excluding hydrogens is 585 g/mol. The SMILES string of the molecule is O=C(C[C@H]1NCCC2CC(OCc3ncccn3)C(OC3CCC(C4CCC(C(=O)O)CC4)C(F)C3)CC21)Nc1nccs1. The van der Waals surface area contributed by atoms with Crippen LogP contribution in [0.5, 0.6) is 0 Å². The molecule has 1 saturated heterocycles. The summed E-state index contributed by atoms with van der Waals surface area (Å²) in [4.78, 5) is 37.1. The number of rotatable bonds is 10. The maximum Gasteiger partial charge on any atom is 0.306 e. The zero-order chi connectivity index (χ0) is 30.5. The number of hydrogen-bond acceptors (Lipinski definition) is 9. The largest absolute Gasteiger partial charge is 0.481 e. The average molecular weight is 630 g/mol. The Morgan fingerprint density at radius 3 is 2.50 bits per heavy atom. The van der Waals surface area contributed by atoms with Crippen molar-refractivity contribution in [2.45, 2.75) is 108 Å². The van der Waals surface area contributed by atoms with E-state index in [2.05, 4.69) is 25.6 Å². The van der Waals surface area contributed by atoms with Gasteiger partial charge in [-0.2, -0.15) is 0 Å². The number of carboxylic acids is 1. The lowest BCUT2D eigenvalue weighted by Crippen LogP contribution is -2.55. The maximum absolute atomic E-state index is 15.7. The summed E-state index contributed by atoms with van der Waals surface area (Å²) < 4.78 is 28.9. The second-order valence-electron chi connectivity index (χ2n) is 13.1. The molecule has 8 atom stereocenters. The third-order valence-corrected chi connectivity index (χ3v) is 11.2. The lowest BCUT2D eigenvalue weighted by Gasteiger charge is -2.48. The van der Waals surface area contributed by atoms with Crippen molar-refractivity contribution < 1.29 is 28.6 Å². The molecule has 0 aromatic carbocycles. The molecule has 4 fully saturated rings. The van der Waals surface area contributed by atoms with Crippen LogP contribution >= 0.6 is 11.3 Å². The van der Waals surface area contributed by atoms with Gasteiger partial charge in [-0.3, -0.25) is 9.59 Å². The van der Waals surface area contributed by atoms with Crippen LogP contribution in [0.3, 0.4) is 0 Å². The number of nitrogens with one attached hydrogen (secondary N) is 2. The van der Waals surface area contributed by atoms with Crippen LogP contribution in [0.1, 0.15) is 76.5 Å². The minimum Gasteiger partial charge on any atom is -0.481 e. The third-order valence-electron chi connectivity index (χ3n) is 10.5. The minimum atomic E-state index is -0.952. The first kappa shape index (κ1) is 31.4. The molecule has 1 amide bonds. The first-order valence-corrected chi connectivity index (χ1v) is 17.1. The quantitative estimate of drug-likeness (QED) is 0.331. The van der Waals surface area contributed by atoms with Gasteiger partial charge >= 0.3 is 5.97 Å². The summed E-state index contributed by atoms with van der Waals surface area (Å²) in [7, 11) is 0. The Morgan fingerprint density at radius 2 is 1.77 bits per heavy atom. The summed E-state index contributed by atoms with van der Waals surface area (Å²) in [5.41, 5.74) is 0. The van der Waals surface area contributed by atoms with E-state index in [1.807, 2.05) is 5.38 Å². The summed E-state index contributed by atoms with van der Waals surface area (Å²) in [5, 5.41) is 18.3. The van der Waals surface area contributed by atoms with Gasteiger partial charge in [0.15, 0.2) is 11.0 Å². The lowest BCUT2D eigenvalue weighted by atomic mass is 9.68. The van der Waals surface area contributed by atoms with E-state index in [4.69, 9.17) is 9.47 Å². The highest BCUT2D eigenvalue weighted by Crippen LogP contribution is 2.45. The van der Waals surface area contributed by atoms with Crippen molar-refractivity contribution in [3.8, 4) is 0 Å². The molecule has 0 radical (unpaired) electrons. The molecule has 0 spiro atoms. The molecule has 7 unspecified atom stereocenters. The first-order valence-electron chi connectivity index (χ1n) is 16.3. The van der Waals surface area contributed by atoms with Gasteiger partial charge in [0.1, 0.15) is 12.8 Å². The van der Waals surface area contributed by atoms with Gasteiger partial charge in [-0.15, -0.1) is 11.3 Å². The highest BCUT2D eigenvalue weighted by molar-refractivity contribution is 7.13. The summed E-state index contributed by atoms with van der Waals surface area (Å²) in [6.45, 7) is 1.14. The van der Waals surface area contributed by atoms with Gasteiger partial charge in [0.05, 0.1) is 24.2 Å². The number of piperidine rings is 1. The highest BCUT2D eigenvalue weighted by atomic mass is 32.1. The monoisotopic (exact) mass is 629 g/mol. The molecule has 240 valence electrons. The van der Waals surface area contributed by atoms with E-state index in [0.717, 1.165) is 51.5 Å². The zero-order valence-corrected chi connectivity index (χ0v) is 25.9. The fourth-order valence-corrected chi connectivity index (χ4v) is 8.80. The van der Waals surface area contributed by atoms with Gasteiger partial charge in [0.25, 0.3) is 0 Å². The maximum atomic E-state index is 15.7. The average Bonchev–Trinajstić information content (AvgIpc) is 3.54. The van der Waals surface area contributed by atoms with Crippen LogP contribution in [0.15, 0.2) is 30.0 Å². The normalized spacial score (nSPS) is 35.8. The molecule has 3 saturated carbocycles. The summed E-state index contributed by atoms with van der Waals surface area (Å²) >= 11 is 1.41. The summed E-state index contributed by atoms with van der Waals surface area (Å²) in [6.07, 6.45) is 11.3. The molecule has 2 aromatic rings. The Bertz CT molecular complexity index is 1220. The van der Waals surface area contributed by atoms with Crippen LogP contribution in [0.2, 0.25) is 0 Å². The number of thiazole rings is 1. The van der Waals surface area contributed by atoms with Gasteiger partial charge in [-0.05, 0) is 94.1 Å². The Hall–Kier alpha value is -2.54. The Morgan fingerprint density at radius 1 is 0.955 bits per heavy atom. The van der Waals surface area contributed by atoms with E-state index >= 15 is 4.39 Å². The third kappa shape index (κ3) is 7.81. The molecule has 0 bridgehead atoms. The number of aromatic nitrogens is 3. The van der Waals surface area contributed by atoms with Gasteiger partial charge in [0.2, 0.25) is 5.91 Å². The van der Waals surface area contributed by atoms with Gasteiger partial charge in [-0.1, -0.05) is 0 Å². The van der Waals surface area contributed by atoms with Crippen molar-refractivity contribution in [1.29, 1.82) is 0 Å². The smallest absolute Gasteiger partial charge is 0.306 e. The van der Waals surface area contributed by atoms with E-state index in [9.17, 15) is 14.7 Å². The van der Waals surface area contributed by atoms with Crippen molar-refractivity contribution in [1.82, 2.24) is 20.3 Å². The van der Waals surface area contributed by atoms with E-state index in [1.165, 1.54) is 11.3 Å². The molecule has 2 aromatic heterocycles. The molecule has 6 rings (SSSR count). The van der Waals surface area contributed by atoms with Crippen molar-refractivity contribution in [3.63, 3.8) is 0 Å². The molecule has 12 heteroatoms. The van der Waals surface area contributed by atoms with Gasteiger partial charge in [-0.25, -0.2) is 19.3 Å². The Balaban J connectivity index is 1.09. The number of anilines is 1. The molecule has 1 aliphatic heterocycles. The number of hydrogen-bond donors (Lipinski definition) is 3. The standard InChI is InChI=1S/C32H44FN5O5S/c33-25-15-22(6-7-23(25)19-2-4-20(5-3-19)31(40)41)43-28-16-24-21(14-27(28)42-18-29-35-9-1-10-36-29)8-11-34-26(24)17-30(39)38-32-37-12-13-44-32/h1,9-10,12-13,19-28,34H,2-8,11,14-18H2,(H,40,41)(H,37,38,39)/t19?,20?,21?,22?,23?,24?,25?,26-,27?,28?/m1/s1. The Labute approximate surface area is 261 Å². The van der Waals surface area contributed by atoms with Crippen molar-refractivity contribution >= 4 is 28.3 Å². The minimum absolute atomic E-state index is 0.0174. The van der Waals surface area contributed by atoms with E-state index in [1.54, 1.807) is 24.7 Å². The Kier molecular flexibility index (Phi) is 10.5. The number of carboxylic acid groups (broad SMARTS) is 1. The topological polar surface area (TPSA) is 136 Å². The van der Waals surface area contributed by atoms with E-state index < -0.39 is 12.1 Å². The van der Waals surface area contributed by atoms with Crippen LogP contribution in [-0.2, 0) is 25.7 Å². The fraction of sp³-hybridized carbons (Fsp3) is 0.719. The molecule has 44 heavy (non-hydrogen) atoms. The van der Waals surface area contributed by atoms with E-state index in [-0.39, 0.29) is 60.5 Å². The summed E-state index contributed by atoms with van der Waals surface area (Å²) in [5.74, 6) is 0.427. The summed E-state index contributed by atoms with van der Waals surface area (Å²) in [6, 6.07) is 1.80. The van der Waals surface area contributed by atoms with Crippen LogP contribution < -0.4 is 10.6 Å². The number of nitrogens with zero attached hydrogens (tertiary/aromatic N) is 3. The van der Waals surface area contributed by atoms with E-state index in [0.29, 0.717) is 42.6 Å². The predicted molar refractivity (Wildman–Crippen MR) is 163 cm³/mol.